The van der Waals surface area contributed by atoms with Crippen LogP contribution in [0.4, 0.5) is 10.1 Å². The van der Waals surface area contributed by atoms with Crippen molar-refractivity contribution < 1.29 is 12.8 Å². The topological polar surface area (TPSA) is 63.4 Å². The molecule has 118 valence electrons. The van der Waals surface area contributed by atoms with Crippen LogP contribution in [0.5, 0.6) is 0 Å². The number of nitrogens with zero attached hydrogens (tertiary/aromatic N) is 1. The van der Waals surface area contributed by atoms with Crippen LogP contribution < -0.4 is 5.73 Å². The minimum atomic E-state index is -3.86. The van der Waals surface area contributed by atoms with E-state index in [1.54, 1.807) is 0 Å². The first kappa shape index (κ1) is 16.2. The largest absolute Gasteiger partial charge is 0.398 e. The summed E-state index contributed by atoms with van der Waals surface area (Å²) in [4.78, 5) is -0.390. The van der Waals surface area contributed by atoms with E-state index in [4.69, 9.17) is 5.73 Å². The minimum Gasteiger partial charge on any atom is -0.398 e. The van der Waals surface area contributed by atoms with Crippen molar-refractivity contribution in [2.75, 3.05) is 18.8 Å². The molecule has 0 atom stereocenters. The molecule has 1 aliphatic rings. The van der Waals surface area contributed by atoms with E-state index >= 15 is 0 Å². The van der Waals surface area contributed by atoms with Crippen molar-refractivity contribution in [1.82, 2.24) is 4.31 Å². The molecule has 1 fully saturated rings. The van der Waals surface area contributed by atoms with Gasteiger partial charge in [-0.15, -0.1) is 0 Å². The smallest absolute Gasteiger partial charge is 0.248 e. The molecule has 4 nitrogen and oxygen atoms in total. The molecule has 0 aliphatic carbocycles. The van der Waals surface area contributed by atoms with Crippen molar-refractivity contribution in [2.24, 2.45) is 11.3 Å². The molecular formula is C15H23FN2O2S. The quantitative estimate of drug-likeness (QED) is 0.854. The third-order valence-corrected chi connectivity index (χ3v) is 6.27. The summed E-state index contributed by atoms with van der Waals surface area (Å²) in [5, 5.41) is 0. The van der Waals surface area contributed by atoms with Crippen LogP contribution in [-0.2, 0) is 10.0 Å². The van der Waals surface area contributed by atoms with Gasteiger partial charge in [-0.1, -0.05) is 26.8 Å². The van der Waals surface area contributed by atoms with Gasteiger partial charge >= 0.3 is 0 Å². The second-order valence-corrected chi connectivity index (χ2v) is 8.58. The Balaban J connectivity index is 2.23. The fourth-order valence-electron chi connectivity index (χ4n) is 2.89. The summed E-state index contributed by atoms with van der Waals surface area (Å²) in [6.45, 7) is 7.32. The number of halogens is 1. The van der Waals surface area contributed by atoms with Gasteiger partial charge < -0.3 is 5.73 Å². The molecule has 6 heteroatoms. The lowest BCUT2D eigenvalue weighted by Gasteiger charge is -2.38. The molecule has 0 radical (unpaired) electrons. The Morgan fingerprint density at radius 2 is 1.81 bits per heavy atom. The Morgan fingerprint density at radius 3 is 2.29 bits per heavy atom. The molecule has 0 spiro atoms. The van der Waals surface area contributed by atoms with E-state index in [9.17, 15) is 12.8 Å². The number of nitrogen functional groups attached to an aromatic ring is 1. The second-order valence-electron chi connectivity index (χ2n) is 6.70. The monoisotopic (exact) mass is 314 g/mol. The maximum atomic E-state index is 13.9. The third-order valence-electron chi connectivity index (χ3n) is 4.27. The molecule has 1 heterocycles. The van der Waals surface area contributed by atoms with Crippen LogP contribution >= 0.6 is 0 Å². The van der Waals surface area contributed by atoms with Gasteiger partial charge in [-0.05, 0) is 36.3 Å². The first-order valence-electron chi connectivity index (χ1n) is 7.18. The molecule has 2 N–H and O–H groups in total. The summed E-state index contributed by atoms with van der Waals surface area (Å²) in [6, 6.07) is 3.96. The lowest BCUT2D eigenvalue weighted by Crippen LogP contribution is -2.41. The molecule has 0 unspecified atom stereocenters. The van der Waals surface area contributed by atoms with Crippen LogP contribution in [-0.4, -0.2) is 25.8 Å². The zero-order valence-electron chi connectivity index (χ0n) is 12.8. The summed E-state index contributed by atoms with van der Waals surface area (Å²) in [5.41, 5.74) is 5.79. The summed E-state index contributed by atoms with van der Waals surface area (Å²) < 4.78 is 40.4. The van der Waals surface area contributed by atoms with Gasteiger partial charge in [-0.25, -0.2) is 12.8 Å². The van der Waals surface area contributed by atoms with Crippen LogP contribution in [0.2, 0.25) is 0 Å². The van der Waals surface area contributed by atoms with Gasteiger partial charge in [0.05, 0.1) is 5.69 Å². The van der Waals surface area contributed by atoms with Crippen LogP contribution in [0.25, 0.3) is 0 Å². The Morgan fingerprint density at radius 1 is 1.24 bits per heavy atom. The zero-order chi connectivity index (χ0) is 15.8. The summed E-state index contributed by atoms with van der Waals surface area (Å²) >= 11 is 0. The van der Waals surface area contributed by atoms with Gasteiger partial charge in [0.15, 0.2) is 0 Å². The first-order valence-corrected chi connectivity index (χ1v) is 8.62. The first-order chi connectivity index (χ1) is 9.64. The molecule has 0 bridgehead atoms. The number of hydrogen-bond acceptors (Lipinski definition) is 3. The molecule has 0 saturated carbocycles. The fraction of sp³-hybridized carbons (Fsp3) is 0.600. The van der Waals surface area contributed by atoms with Crippen molar-refractivity contribution in [3.63, 3.8) is 0 Å². The summed E-state index contributed by atoms with van der Waals surface area (Å²) in [7, 11) is -3.86. The molecule has 1 aromatic rings. The highest BCUT2D eigenvalue weighted by Gasteiger charge is 2.35. The average molecular weight is 314 g/mol. The van der Waals surface area contributed by atoms with Gasteiger partial charge in [0.2, 0.25) is 10.0 Å². The van der Waals surface area contributed by atoms with E-state index in [2.05, 4.69) is 20.8 Å². The highest BCUT2D eigenvalue weighted by molar-refractivity contribution is 7.89. The van der Waals surface area contributed by atoms with Crippen molar-refractivity contribution in [1.29, 1.82) is 0 Å². The third kappa shape index (κ3) is 3.21. The molecule has 21 heavy (non-hydrogen) atoms. The van der Waals surface area contributed by atoms with E-state index in [1.807, 2.05) is 0 Å². The Labute approximate surface area is 126 Å². The average Bonchev–Trinajstić information content (AvgIpc) is 2.37. The van der Waals surface area contributed by atoms with Crippen LogP contribution in [0.1, 0.15) is 33.6 Å². The van der Waals surface area contributed by atoms with Gasteiger partial charge in [-0.3, -0.25) is 0 Å². The maximum Gasteiger partial charge on any atom is 0.248 e. The van der Waals surface area contributed by atoms with E-state index in [1.165, 1.54) is 16.4 Å². The van der Waals surface area contributed by atoms with E-state index in [-0.39, 0.29) is 16.0 Å². The van der Waals surface area contributed by atoms with Crippen molar-refractivity contribution in [3.05, 3.63) is 24.0 Å². The van der Waals surface area contributed by atoms with Gasteiger partial charge in [0.25, 0.3) is 0 Å². The molecule has 1 aromatic carbocycles. The normalized spacial score (nSPS) is 18.9. The molecule has 0 amide bonds. The second kappa shape index (κ2) is 5.57. The highest BCUT2D eigenvalue weighted by Crippen LogP contribution is 2.36. The highest BCUT2D eigenvalue weighted by atomic mass is 32.2. The molecular weight excluding hydrogens is 291 g/mol. The Hall–Kier alpha value is -1.14. The minimum absolute atomic E-state index is 0.0343. The number of sulfonamides is 1. The molecule has 2 rings (SSSR count). The Kier molecular flexibility index (Phi) is 4.31. The van der Waals surface area contributed by atoms with Gasteiger partial charge in [0.1, 0.15) is 10.7 Å². The number of benzene rings is 1. The molecule has 1 aliphatic heterocycles. The Bertz CT molecular complexity index is 595. The van der Waals surface area contributed by atoms with Gasteiger partial charge in [-0.2, -0.15) is 4.31 Å². The lowest BCUT2D eigenvalue weighted by molar-refractivity contribution is 0.154. The zero-order valence-corrected chi connectivity index (χ0v) is 13.6. The number of anilines is 1. The van der Waals surface area contributed by atoms with E-state index in [0.717, 1.165) is 18.9 Å². The standard InChI is InChI=1S/C15H23FN2O2S/c1-15(2,3)11-7-9-18(10-8-11)21(19,20)14-12(16)5-4-6-13(14)17/h4-6,11H,7-10,17H2,1-3H3. The molecule has 0 aromatic heterocycles. The van der Waals surface area contributed by atoms with Crippen LogP contribution in [0.15, 0.2) is 23.1 Å². The number of hydrogen-bond donors (Lipinski definition) is 1. The fourth-order valence-corrected chi connectivity index (χ4v) is 4.52. The van der Waals surface area contributed by atoms with E-state index in [0.29, 0.717) is 19.0 Å². The van der Waals surface area contributed by atoms with Crippen LogP contribution in [0, 0.1) is 17.2 Å². The van der Waals surface area contributed by atoms with Crippen LogP contribution in [0.3, 0.4) is 0 Å². The SMILES string of the molecule is CC(C)(C)C1CCN(S(=O)(=O)c2c(N)cccc2F)CC1. The van der Waals surface area contributed by atoms with Crippen molar-refractivity contribution >= 4 is 15.7 Å². The summed E-state index contributed by atoms with van der Waals surface area (Å²) in [6.07, 6.45) is 1.58. The number of nitrogens with two attached hydrogens (primary N) is 1. The molecule has 1 saturated heterocycles. The predicted molar refractivity (Wildman–Crippen MR) is 81.8 cm³/mol. The maximum absolute atomic E-state index is 13.9. The number of rotatable bonds is 2. The number of piperidine rings is 1. The lowest BCUT2D eigenvalue weighted by atomic mass is 9.76. The van der Waals surface area contributed by atoms with E-state index < -0.39 is 15.8 Å². The predicted octanol–water partition coefficient (Wildman–Crippen LogP) is 2.85. The van der Waals surface area contributed by atoms with Crippen molar-refractivity contribution in [2.45, 2.75) is 38.5 Å². The summed E-state index contributed by atoms with van der Waals surface area (Å²) in [5.74, 6) is -0.310. The van der Waals surface area contributed by atoms with Gasteiger partial charge in [0, 0.05) is 13.1 Å². The van der Waals surface area contributed by atoms with Crippen molar-refractivity contribution in [3.8, 4) is 0 Å².